The molecule has 6 nitrogen and oxygen atoms in total. The van der Waals surface area contributed by atoms with Crippen molar-refractivity contribution in [3.05, 3.63) is 64.5 Å². The number of benzene rings is 1. The molecule has 2 aromatic heterocycles. The molecule has 22 heavy (non-hydrogen) atoms. The number of carbonyl (C=O) groups excluding carboxylic acids is 1. The molecule has 0 aliphatic carbocycles. The predicted octanol–water partition coefficient (Wildman–Crippen LogP) is 3.20. The second-order valence-corrected chi connectivity index (χ2v) is 5.31. The third-order valence-corrected chi connectivity index (χ3v) is 3.38. The van der Waals surface area contributed by atoms with Crippen molar-refractivity contribution in [1.82, 2.24) is 15.6 Å². The number of halogens is 1. The molecule has 110 valence electrons. The maximum Gasteiger partial charge on any atom is 0.291 e. The van der Waals surface area contributed by atoms with Gasteiger partial charge in [-0.1, -0.05) is 28.1 Å². The molecule has 0 saturated heterocycles. The number of hydrogen-bond donors (Lipinski definition) is 2. The molecule has 0 unspecified atom stereocenters. The second-order valence-electron chi connectivity index (χ2n) is 4.39. The Hall–Kier alpha value is -2.67. The van der Waals surface area contributed by atoms with Crippen LogP contribution in [0.5, 0.6) is 0 Å². The number of aromatic amines is 1. The van der Waals surface area contributed by atoms with E-state index >= 15 is 0 Å². The van der Waals surface area contributed by atoms with Crippen molar-refractivity contribution >= 4 is 28.1 Å². The minimum atomic E-state index is -0.401. The van der Waals surface area contributed by atoms with E-state index in [-0.39, 0.29) is 5.69 Å². The normalized spacial score (nSPS) is 11.0. The van der Waals surface area contributed by atoms with Crippen LogP contribution in [0.25, 0.3) is 11.5 Å². The van der Waals surface area contributed by atoms with Gasteiger partial charge in [-0.2, -0.15) is 10.2 Å². The molecular weight excluding hydrogens is 348 g/mol. The van der Waals surface area contributed by atoms with Crippen molar-refractivity contribution in [2.75, 3.05) is 0 Å². The Labute approximate surface area is 134 Å². The van der Waals surface area contributed by atoms with E-state index in [4.69, 9.17) is 4.42 Å². The summed E-state index contributed by atoms with van der Waals surface area (Å²) in [6.07, 6.45) is 3.11. The summed E-state index contributed by atoms with van der Waals surface area (Å²) in [5.74, 6) is 0.215. The van der Waals surface area contributed by atoms with Crippen LogP contribution in [0.2, 0.25) is 0 Å². The first-order valence-corrected chi connectivity index (χ1v) is 7.20. The van der Waals surface area contributed by atoms with Gasteiger partial charge < -0.3 is 4.42 Å². The smallest absolute Gasteiger partial charge is 0.291 e. The summed E-state index contributed by atoms with van der Waals surface area (Å²) in [4.78, 5) is 11.9. The number of furan rings is 1. The van der Waals surface area contributed by atoms with Crippen LogP contribution in [-0.4, -0.2) is 22.3 Å². The average Bonchev–Trinajstić information content (AvgIpc) is 3.20. The first-order valence-electron chi connectivity index (χ1n) is 6.40. The molecule has 0 spiro atoms. The van der Waals surface area contributed by atoms with Gasteiger partial charge in [-0.3, -0.25) is 9.89 Å². The molecule has 0 atom stereocenters. The van der Waals surface area contributed by atoms with E-state index in [1.54, 1.807) is 30.7 Å². The van der Waals surface area contributed by atoms with Gasteiger partial charge in [-0.15, -0.1) is 0 Å². The fourth-order valence-electron chi connectivity index (χ4n) is 1.77. The monoisotopic (exact) mass is 358 g/mol. The lowest BCUT2D eigenvalue weighted by atomic mass is 10.2. The van der Waals surface area contributed by atoms with Gasteiger partial charge in [0.25, 0.3) is 5.91 Å². The van der Waals surface area contributed by atoms with Crippen LogP contribution in [-0.2, 0) is 0 Å². The second kappa shape index (κ2) is 6.40. The maximum atomic E-state index is 11.9. The first kappa shape index (κ1) is 14.3. The fraction of sp³-hybridized carbons (Fsp3) is 0. The molecule has 0 aliphatic heterocycles. The van der Waals surface area contributed by atoms with Crippen molar-refractivity contribution in [2.24, 2.45) is 5.10 Å². The topological polar surface area (TPSA) is 83.3 Å². The Kier molecular flexibility index (Phi) is 4.15. The summed E-state index contributed by atoms with van der Waals surface area (Å²) in [6.45, 7) is 0. The lowest BCUT2D eigenvalue weighted by molar-refractivity contribution is 0.0950. The first-order chi connectivity index (χ1) is 10.7. The number of nitrogens with one attached hydrogen (secondary N) is 2. The van der Waals surface area contributed by atoms with E-state index < -0.39 is 5.91 Å². The van der Waals surface area contributed by atoms with Crippen molar-refractivity contribution < 1.29 is 9.21 Å². The van der Waals surface area contributed by atoms with Gasteiger partial charge in [0.2, 0.25) is 0 Å². The zero-order chi connectivity index (χ0) is 15.4. The summed E-state index contributed by atoms with van der Waals surface area (Å²) in [5, 5.41) is 10.6. The average molecular weight is 359 g/mol. The summed E-state index contributed by atoms with van der Waals surface area (Å²) in [5.41, 5.74) is 4.17. The van der Waals surface area contributed by atoms with E-state index in [1.165, 1.54) is 0 Å². The van der Waals surface area contributed by atoms with E-state index in [0.29, 0.717) is 11.5 Å². The van der Waals surface area contributed by atoms with Crippen molar-refractivity contribution in [1.29, 1.82) is 0 Å². The molecule has 1 aromatic carbocycles. The zero-order valence-corrected chi connectivity index (χ0v) is 12.9. The molecule has 0 aliphatic rings. The number of hydrogen-bond acceptors (Lipinski definition) is 4. The number of nitrogens with zero attached hydrogens (tertiary/aromatic N) is 2. The van der Waals surface area contributed by atoms with Crippen molar-refractivity contribution in [3.63, 3.8) is 0 Å². The Morgan fingerprint density at radius 3 is 2.86 bits per heavy atom. The van der Waals surface area contributed by atoms with E-state index in [0.717, 1.165) is 10.0 Å². The van der Waals surface area contributed by atoms with Crippen LogP contribution in [0.1, 0.15) is 16.1 Å². The highest BCUT2D eigenvalue weighted by molar-refractivity contribution is 9.10. The SMILES string of the molecule is O=C(N/N=C\c1ccc(Br)cc1)c1cc(-c2ccco2)[nH]n1. The van der Waals surface area contributed by atoms with Crippen LogP contribution in [0.15, 0.2) is 62.7 Å². The largest absolute Gasteiger partial charge is 0.463 e. The van der Waals surface area contributed by atoms with Gasteiger partial charge in [-0.25, -0.2) is 5.43 Å². The zero-order valence-electron chi connectivity index (χ0n) is 11.3. The van der Waals surface area contributed by atoms with Crippen LogP contribution in [0.4, 0.5) is 0 Å². The van der Waals surface area contributed by atoms with Crippen LogP contribution < -0.4 is 5.43 Å². The van der Waals surface area contributed by atoms with Gasteiger partial charge in [0.1, 0.15) is 5.69 Å². The number of aromatic nitrogens is 2. The van der Waals surface area contributed by atoms with Gasteiger partial charge in [0.05, 0.1) is 12.5 Å². The maximum absolute atomic E-state index is 11.9. The molecule has 3 aromatic rings. The van der Waals surface area contributed by atoms with Crippen LogP contribution in [0.3, 0.4) is 0 Å². The van der Waals surface area contributed by atoms with Crippen molar-refractivity contribution in [2.45, 2.75) is 0 Å². The summed E-state index contributed by atoms with van der Waals surface area (Å²) in [6, 6.07) is 12.7. The lowest BCUT2D eigenvalue weighted by Crippen LogP contribution is -2.17. The molecule has 3 rings (SSSR count). The summed E-state index contributed by atoms with van der Waals surface area (Å²) >= 11 is 3.35. The number of H-pyrrole nitrogens is 1. The molecule has 0 fully saturated rings. The molecule has 0 bridgehead atoms. The number of rotatable bonds is 4. The number of amides is 1. The van der Waals surface area contributed by atoms with E-state index in [2.05, 4.69) is 36.7 Å². The number of carbonyl (C=O) groups is 1. The third-order valence-electron chi connectivity index (χ3n) is 2.85. The Bertz CT molecular complexity index is 791. The van der Waals surface area contributed by atoms with E-state index in [9.17, 15) is 4.79 Å². The quantitative estimate of drug-likeness (QED) is 0.554. The standard InChI is InChI=1S/C15H11BrN4O2/c16-11-5-3-10(4-6-11)9-17-20-15(21)13-8-12(18-19-13)14-2-1-7-22-14/h1-9H,(H,18,19)(H,20,21)/b17-9-. The fourth-order valence-corrected chi connectivity index (χ4v) is 2.03. The molecular formula is C15H11BrN4O2. The molecule has 2 heterocycles. The molecule has 2 N–H and O–H groups in total. The Balaban J connectivity index is 1.63. The highest BCUT2D eigenvalue weighted by Gasteiger charge is 2.11. The minimum absolute atomic E-state index is 0.236. The number of hydrazone groups is 1. The van der Waals surface area contributed by atoms with Crippen LogP contribution in [0, 0.1) is 0 Å². The minimum Gasteiger partial charge on any atom is -0.463 e. The lowest BCUT2D eigenvalue weighted by Gasteiger charge is -1.95. The van der Waals surface area contributed by atoms with Gasteiger partial charge in [-0.05, 0) is 29.8 Å². The van der Waals surface area contributed by atoms with Gasteiger partial charge in [0, 0.05) is 10.5 Å². The molecule has 7 heteroatoms. The van der Waals surface area contributed by atoms with Crippen molar-refractivity contribution in [3.8, 4) is 11.5 Å². The molecule has 0 radical (unpaired) electrons. The molecule has 1 amide bonds. The van der Waals surface area contributed by atoms with E-state index in [1.807, 2.05) is 24.3 Å². The summed E-state index contributed by atoms with van der Waals surface area (Å²) < 4.78 is 6.21. The molecule has 0 saturated carbocycles. The highest BCUT2D eigenvalue weighted by Crippen LogP contribution is 2.17. The predicted molar refractivity (Wildman–Crippen MR) is 85.5 cm³/mol. The van der Waals surface area contributed by atoms with Gasteiger partial charge in [0.15, 0.2) is 11.5 Å². The Morgan fingerprint density at radius 1 is 1.32 bits per heavy atom. The highest BCUT2D eigenvalue weighted by atomic mass is 79.9. The Morgan fingerprint density at radius 2 is 2.14 bits per heavy atom. The summed E-state index contributed by atoms with van der Waals surface area (Å²) in [7, 11) is 0. The van der Waals surface area contributed by atoms with Crippen LogP contribution >= 0.6 is 15.9 Å². The van der Waals surface area contributed by atoms with Gasteiger partial charge >= 0.3 is 0 Å². The third kappa shape index (κ3) is 3.32.